The van der Waals surface area contributed by atoms with E-state index >= 15 is 0 Å². The number of carbonyl (C=O) groups excluding carboxylic acids is 1. The molecule has 0 radical (unpaired) electrons. The molecule has 3 heterocycles. The minimum atomic E-state index is -0.544. The third-order valence-corrected chi connectivity index (χ3v) is 5.37. The van der Waals surface area contributed by atoms with Crippen molar-refractivity contribution in [2.24, 2.45) is 0 Å². The van der Waals surface area contributed by atoms with Crippen LogP contribution in [0.2, 0.25) is 5.02 Å². The lowest BCUT2D eigenvalue weighted by Crippen LogP contribution is -2.29. The first-order valence-corrected chi connectivity index (χ1v) is 10.3. The molecule has 10 nitrogen and oxygen atoms in total. The molecule has 11 heteroatoms. The Kier molecular flexibility index (Phi) is 4.86. The van der Waals surface area contributed by atoms with Crippen molar-refractivity contribution in [2.75, 3.05) is 12.1 Å². The zero-order valence-corrected chi connectivity index (χ0v) is 17.8. The van der Waals surface area contributed by atoms with Crippen molar-refractivity contribution < 1.29 is 14.3 Å². The van der Waals surface area contributed by atoms with Crippen LogP contribution >= 0.6 is 11.6 Å². The number of rotatable bonds is 5. The SMILES string of the molecule is CCCn1c(=O)c2ccc(Cl)cc2n2c(=O)n(CC(=O)Nc3ccc4c(c3)OCO4)nc12. The summed E-state index contributed by atoms with van der Waals surface area (Å²) < 4.78 is 14.3. The summed E-state index contributed by atoms with van der Waals surface area (Å²) in [7, 11) is 0. The standard InChI is InChI=1S/C21H18ClN5O5/c1-2-7-25-19(29)14-5-3-12(22)8-15(14)27-20(25)24-26(21(27)30)10-18(28)23-13-4-6-16-17(9-13)32-11-31-16/h3-6,8-9H,2,7,10-11H2,1H3,(H,23,28). The number of amides is 1. The number of halogens is 1. The number of anilines is 1. The predicted octanol–water partition coefficient (Wildman–Crippen LogP) is 2.24. The number of benzene rings is 2. The Morgan fingerprint density at radius 2 is 1.97 bits per heavy atom. The maximum absolute atomic E-state index is 13.2. The van der Waals surface area contributed by atoms with Gasteiger partial charge in [0.2, 0.25) is 18.5 Å². The van der Waals surface area contributed by atoms with Gasteiger partial charge >= 0.3 is 5.69 Å². The average Bonchev–Trinajstić information content (AvgIpc) is 3.35. The van der Waals surface area contributed by atoms with Crippen LogP contribution in [0.5, 0.6) is 11.5 Å². The van der Waals surface area contributed by atoms with E-state index in [0.29, 0.717) is 46.1 Å². The Labute approximate surface area is 185 Å². The molecular formula is C21H18ClN5O5. The molecule has 0 saturated carbocycles. The molecule has 0 aliphatic carbocycles. The first-order chi connectivity index (χ1) is 15.5. The minimum absolute atomic E-state index is 0.126. The lowest BCUT2D eigenvalue weighted by molar-refractivity contribution is -0.117. The number of hydrogen-bond donors (Lipinski definition) is 1. The van der Waals surface area contributed by atoms with Crippen molar-refractivity contribution in [3.05, 3.63) is 62.3 Å². The molecule has 1 amide bonds. The van der Waals surface area contributed by atoms with Crippen molar-refractivity contribution in [2.45, 2.75) is 26.4 Å². The molecule has 0 atom stereocenters. The average molecular weight is 456 g/mol. The fraction of sp³-hybridized carbons (Fsp3) is 0.238. The van der Waals surface area contributed by atoms with E-state index < -0.39 is 11.6 Å². The topological polar surface area (TPSA) is 109 Å². The number of hydrogen-bond acceptors (Lipinski definition) is 6. The molecule has 2 aromatic carbocycles. The van der Waals surface area contributed by atoms with E-state index in [9.17, 15) is 14.4 Å². The number of aryl methyl sites for hydroxylation is 1. The third-order valence-electron chi connectivity index (χ3n) is 5.14. The van der Waals surface area contributed by atoms with Crippen LogP contribution in [0.1, 0.15) is 13.3 Å². The molecular weight excluding hydrogens is 438 g/mol. The van der Waals surface area contributed by atoms with E-state index in [-0.39, 0.29) is 24.7 Å². The molecule has 0 spiro atoms. The number of ether oxygens (including phenoxy) is 2. The largest absolute Gasteiger partial charge is 0.454 e. The second-order valence-electron chi connectivity index (χ2n) is 7.31. The van der Waals surface area contributed by atoms with Crippen LogP contribution in [0.3, 0.4) is 0 Å². The normalized spacial score (nSPS) is 12.6. The summed E-state index contributed by atoms with van der Waals surface area (Å²) in [5.74, 6) is 0.826. The lowest BCUT2D eigenvalue weighted by Gasteiger charge is -2.08. The maximum Gasteiger partial charge on any atom is 0.352 e. The number of aromatic nitrogens is 4. The van der Waals surface area contributed by atoms with E-state index in [1.54, 1.807) is 36.4 Å². The maximum atomic E-state index is 13.2. The molecule has 0 unspecified atom stereocenters. The summed E-state index contributed by atoms with van der Waals surface area (Å²) in [4.78, 5) is 38.8. The van der Waals surface area contributed by atoms with Gasteiger partial charge in [-0.15, -0.1) is 5.10 Å². The Morgan fingerprint density at radius 1 is 1.16 bits per heavy atom. The molecule has 0 saturated heterocycles. The summed E-state index contributed by atoms with van der Waals surface area (Å²) in [6.45, 7) is 2.09. The number of nitrogens with one attached hydrogen (secondary N) is 1. The van der Waals surface area contributed by atoms with Crippen LogP contribution in [-0.2, 0) is 17.9 Å². The third kappa shape index (κ3) is 3.28. The van der Waals surface area contributed by atoms with Gasteiger partial charge in [-0.1, -0.05) is 18.5 Å². The Morgan fingerprint density at radius 3 is 2.78 bits per heavy atom. The lowest BCUT2D eigenvalue weighted by atomic mass is 10.2. The number of nitrogens with zero attached hydrogens (tertiary/aromatic N) is 4. The molecule has 1 aliphatic rings. The summed E-state index contributed by atoms with van der Waals surface area (Å²) in [6, 6.07) is 9.73. The quantitative estimate of drug-likeness (QED) is 0.494. The molecule has 0 bridgehead atoms. The van der Waals surface area contributed by atoms with E-state index in [1.807, 2.05) is 6.92 Å². The molecule has 5 rings (SSSR count). The monoisotopic (exact) mass is 455 g/mol. The van der Waals surface area contributed by atoms with Crippen LogP contribution in [0, 0.1) is 0 Å². The molecule has 1 aliphatic heterocycles. The van der Waals surface area contributed by atoms with Crippen LogP contribution in [0.4, 0.5) is 5.69 Å². The van der Waals surface area contributed by atoms with Gasteiger partial charge in [0, 0.05) is 23.3 Å². The second-order valence-corrected chi connectivity index (χ2v) is 7.75. The smallest absolute Gasteiger partial charge is 0.352 e. The predicted molar refractivity (Wildman–Crippen MR) is 118 cm³/mol. The molecule has 2 aromatic heterocycles. The second kappa shape index (κ2) is 7.72. The zero-order valence-electron chi connectivity index (χ0n) is 17.0. The first kappa shape index (κ1) is 20.1. The van der Waals surface area contributed by atoms with Gasteiger partial charge in [-0.3, -0.25) is 14.2 Å². The highest BCUT2D eigenvalue weighted by Gasteiger charge is 2.19. The highest BCUT2D eigenvalue weighted by atomic mass is 35.5. The number of carbonyl (C=O) groups is 1. The van der Waals surface area contributed by atoms with Crippen LogP contribution in [0.25, 0.3) is 16.7 Å². The van der Waals surface area contributed by atoms with Crippen molar-refractivity contribution in [3.63, 3.8) is 0 Å². The van der Waals surface area contributed by atoms with Crippen molar-refractivity contribution in [1.29, 1.82) is 0 Å². The Hall–Kier alpha value is -3.79. The van der Waals surface area contributed by atoms with Crippen molar-refractivity contribution >= 4 is 39.9 Å². The van der Waals surface area contributed by atoms with Gasteiger partial charge in [-0.2, -0.15) is 0 Å². The summed E-state index contributed by atoms with van der Waals surface area (Å²) in [6.07, 6.45) is 0.667. The highest BCUT2D eigenvalue weighted by molar-refractivity contribution is 6.31. The van der Waals surface area contributed by atoms with Crippen LogP contribution in [-0.4, -0.2) is 31.4 Å². The molecule has 0 fully saturated rings. The minimum Gasteiger partial charge on any atom is -0.454 e. The molecule has 32 heavy (non-hydrogen) atoms. The van der Waals surface area contributed by atoms with Gasteiger partial charge in [0.15, 0.2) is 11.5 Å². The van der Waals surface area contributed by atoms with Gasteiger partial charge in [0.1, 0.15) is 6.54 Å². The Bertz CT molecular complexity index is 1500. The van der Waals surface area contributed by atoms with Crippen molar-refractivity contribution in [3.8, 4) is 11.5 Å². The van der Waals surface area contributed by atoms with Gasteiger partial charge in [0.05, 0.1) is 10.9 Å². The van der Waals surface area contributed by atoms with E-state index in [4.69, 9.17) is 21.1 Å². The Balaban J connectivity index is 1.55. The first-order valence-electron chi connectivity index (χ1n) is 9.97. The van der Waals surface area contributed by atoms with Crippen molar-refractivity contribution in [1.82, 2.24) is 18.7 Å². The van der Waals surface area contributed by atoms with Gasteiger partial charge in [-0.25, -0.2) is 13.9 Å². The van der Waals surface area contributed by atoms with Crippen LogP contribution in [0.15, 0.2) is 46.0 Å². The molecule has 4 aromatic rings. The molecule has 164 valence electrons. The zero-order chi connectivity index (χ0) is 22.4. The van der Waals surface area contributed by atoms with Gasteiger partial charge in [0.25, 0.3) is 5.56 Å². The summed E-state index contributed by atoms with van der Waals surface area (Å²) in [5.41, 5.74) is 0.0272. The van der Waals surface area contributed by atoms with Gasteiger partial charge in [-0.05, 0) is 36.8 Å². The van der Waals surface area contributed by atoms with E-state index in [1.165, 1.54) is 8.97 Å². The van der Waals surface area contributed by atoms with E-state index in [2.05, 4.69) is 10.4 Å². The summed E-state index contributed by atoms with van der Waals surface area (Å²) in [5, 5.41) is 7.74. The highest BCUT2D eigenvalue weighted by Crippen LogP contribution is 2.34. The van der Waals surface area contributed by atoms with Crippen LogP contribution < -0.4 is 26.0 Å². The fourth-order valence-electron chi connectivity index (χ4n) is 3.73. The fourth-order valence-corrected chi connectivity index (χ4v) is 3.89. The number of fused-ring (bicyclic) bond motifs is 4. The summed E-state index contributed by atoms with van der Waals surface area (Å²) >= 11 is 6.11. The van der Waals surface area contributed by atoms with Gasteiger partial charge < -0.3 is 14.8 Å². The van der Waals surface area contributed by atoms with E-state index in [0.717, 1.165) is 4.68 Å². The molecule has 1 N–H and O–H groups in total.